The Balaban J connectivity index is 0.000000505. The molecule has 1 aliphatic rings. The van der Waals surface area contributed by atoms with E-state index in [0.717, 1.165) is 10.9 Å². The van der Waals surface area contributed by atoms with Crippen molar-refractivity contribution in [3.05, 3.63) is 91.0 Å². The quantitative estimate of drug-likeness (QED) is 0.315. The van der Waals surface area contributed by atoms with Crippen LogP contribution in [0.15, 0.2) is 91.0 Å². The van der Waals surface area contributed by atoms with Crippen LogP contribution in [0.4, 0.5) is 0 Å². The molecule has 6 heteroatoms. The van der Waals surface area contributed by atoms with Crippen molar-refractivity contribution in [2.75, 3.05) is 19.6 Å². The van der Waals surface area contributed by atoms with Crippen LogP contribution in [0.2, 0.25) is 0 Å². The Labute approximate surface area is 236 Å². The highest BCUT2D eigenvalue weighted by Gasteiger charge is 2.51. The van der Waals surface area contributed by atoms with Crippen LogP contribution in [0.25, 0.3) is 0 Å². The van der Waals surface area contributed by atoms with Crippen molar-refractivity contribution >= 4 is 40.6 Å². The van der Waals surface area contributed by atoms with Crippen molar-refractivity contribution < 1.29 is 14.2 Å². The number of hydrogen-bond donors (Lipinski definition) is 1. The average molecular weight is 552 g/mol. The van der Waals surface area contributed by atoms with Crippen LogP contribution < -0.4 is 21.1 Å². The van der Waals surface area contributed by atoms with Gasteiger partial charge in [0.1, 0.15) is 0 Å². The molecule has 0 radical (unpaired) electrons. The molecular weight excluding hydrogens is 504 g/mol. The molecule has 4 rings (SSSR count). The van der Waals surface area contributed by atoms with Crippen molar-refractivity contribution in [1.82, 2.24) is 0 Å². The highest BCUT2D eigenvalue weighted by Crippen LogP contribution is 2.63. The van der Waals surface area contributed by atoms with Gasteiger partial charge in [-0.1, -0.05) is 130 Å². The predicted octanol–water partition coefficient (Wildman–Crippen LogP) is 4.99. The molecule has 0 aromatic heterocycles. The van der Waals surface area contributed by atoms with Gasteiger partial charge in [0.05, 0.1) is 31.3 Å². The second kappa shape index (κ2) is 14.1. The molecule has 1 saturated heterocycles. The summed E-state index contributed by atoms with van der Waals surface area (Å²) in [6.07, 6.45) is 0. The monoisotopic (exact) mass is 551 g/mol. The third-order valence-electron chi connectivity index (χ3n) is 7.70. The number of rotatable bonds is 8. The Morgan fingerprint density at radius 2 is 1.00 bits per heavy atom. The van der Waals surface area contributed by atoms with Crippen molar-refractivity contribution in [2.24, 2.45) is 11.8 Å². The highest BCUT2D eigenvalue weighted by atomic mass is 32.4. The molecule has 1 aliphatic heterocycles. The van der Waals surface area contributed by atoms with Crippen LogP contribution in [0.3, 0.4) is 0 Å². The molecule has 3 aromatic rings. The largest absolute Gasteiger partial charge is 0.554 e. The first-order valence-corrected chi connectivity index (χ1v) is 17.3. The topological polar surface area (TPSA) is 22.9 Å². The lowest BCUT2D eigenvalue weighted by molar-refractivity contribution is -0.894. The maximum absolute atomic E-state index is 7.14. The molecular formula is C32H47BNO2PS. The highest BCUT2D eigenvalue weighted by molar-refractivity contribution is 8.18. The minimum atomic E-state index is -2.21. The lowest BCUT2D eigenvalue weighted by atomic mass is 9.46. The van der Waals surface area contributed by atoms with Gasteiger partial charge < -0.3 is 14.2 Å². The summed E-state index contributed by atoms with van der Waals surface area (Å²) >= 11 is 6.59. The molecule has 1 fully saturated rings. The minimum Gasteiger partial charge on any atom is -0.554 e. The number of benzene rings is 3. The zero-order chi connectivity index (χ0) is 27.8. The summed E-state index contributed by atoms with van der Waals surface area (Å²) in [5, 5.41) is 1.20. The first kappa shape index (κ1) is 30.8. The fraction of sp³-hybridized carbons (Fsp3) is 0.438. The van der Waals surface area contributed by atoms with E-state index in [1.165, 1.54) is 24.9 Å². The second-order valence-corrected chi connectivity index (χ2v) is 15.7. The van der Waals surface area contributed by atoms with Gasteiger partial charge in [0.2, 0.25) is 0 Å². The molecule has 0 amide bonds. The summed E-state index contributed by atoms with van der Waals surface area (Å²) < 4.78 is 14.3. The summed E-state index contributed by atoms with van der Waals surface area (Å²) in [4.78, 5) is 1.68. The van der Waals surface area contributed by atoms with Crippen LogP contribution in [-0.4, -0.2) is 37.9 Å². The smallest absolute Gasteiger partial charge is 0.299 e. The summed E-state index contributed by atoms with van der Waals surface area (Å²) in [6.45, 7) is 17.5. The van der Waals surface area contributed by atoms with E-state index in [2.05, 4.69) is 121 Å². The average Bonchev–Trinajstić information content (AvgIpc) is 2.95. The molecule has 2 unspecified atom stereocenters. The van der Waals surface area contributed by atoms with Gasteiger partial charge in [-0.15, -0.1) is 10.9 Å². The Hall–Kier alpha value is -1.75. The molecule has 3 nitrogen and oxygen atoms in total. The van der Waals surface area contributed by atoms with Crippen LogP contribution in [0.1, 0.15) is 48.5 Å². The van der Waals surface area contributed by atoms with Crippen LogP contribution >= 0.6 is 6.04 Å². The summed E-state index contributed by atoms with van der Waals surface area (Å²) in [5.74, 6) is 0.382. The van der Waals surface area contributed by atoms with E-state index in [0.29, 0.717) is 0 Å². The Kier molecular flexibility index (Phi) is 11.4. The van der Waals surface area contributed by atoms with Crippen LogP contribution in [0.5, 0.6) is 0 Å². The van der Waals surface area contributed by atoms with E-state index in [-0.39, 0.29) is 23.5 Å². The summed E-state index contributed by atoms with van der Waals surface area (Å²) in [5.41, 5.74) is 2.14. The predicted molar refractivity (Wildman–Crippen MR) is 170 cm³/mol. The standard InChI is InChI=1S/C26H31BO2PS.C6H15N/c1-20(2)25-28-27(22-14-8-5-9-15-22,23-16-10-6-11-17-23)29-26(21(3)4)30(25,31)24-18-12-7-13-19-24;1-4-7(5-2)6-3/h5-21,25-26H,1-4H3;4-6H2,1-3H3/q-1;/p+1. The number of quaternary nitrogens is 1. The zero-order valence-corrected chi connectivity index (χ0v) is 26.1. The van der Waals surface area contributed by atoms with Gasteiger partial charge in [0.15, 0.2) is 0 Å². The molecule has 0 bridgehead atoms. The van der Waals surface area contributed by atoms with Crippen LogP contribution in [0, 0.1) is 11.8 Å². The van der Waals surface area contributed by atoms with E-state index in [9.17, 15) is 0 Å². The van der Waals surface area contributed by atoms with E-state index in [4.69, 9.17) is 21.1 Å². The van der Waals surface area contributed by atoms with E-state index in [1.807, 2.05) is 18.2 Å². The van der Waals surface area contributed by atoms with E-state index in [1.54, 1.807) is 4.90 Å². The lowest BCUT2D eigenvalue weighted by Gasteiger charge is -2.60. The van der Waals surface area contributed by atoms with E-state index < -0.39 is 12.6 Å². The Morgan fingerprint density at radius 1 is 0.658 bits per heavy atom. The molecule has 206 valence electrons. The van der Waals surface area contributed by atoms with E-state index >= 15 is 0 Å². The third kappa shape index (κ3) is 6.51. The molecule has 0 aliphatic carbocycles. The first-order chi connectivity index (χ1) is 18.2. The van der Waals surface area contributed by atoms with Gasteiger partial charge in [0, 0.05) is 6.04 Å². The fourth-order valence-electron chi connectivity index (χ4n) is 5.57. The van der Waals surface area contributed by atoms with Gasteiger partial charge in [-0.2, -0.15) is 0 Å². The number of nitrogens with one attached hydrogen (secondary N) is 1. The molecule has 0 saturated carbocycles. The molecule has 0 spiro atoms. The summed E-state index contributed by atoms with van der Waals surface area (Å²) in [6, 6.07) is 29.2. The van der Waals surface area contributed by atoms with Crippen molar-refractivity contribution in [2.45, 2.75) is 60.2 Å². The third-order valence-corrected chi connectivity index (χ3v) is 13.6. The Bertz CT molecular complexity index is 1070. The second-order valence-electron chi connectivity index (χ2n) is 10.9. The molecule has 38 heavy (non-hydrogen) atoms. The molecule has 2 atom stereocenters. The maximum atomic E-state index is 7.14. The first-order valence-electron chi connectivity index (χ1n) is 14.3. The van der Waals surface area contributed by atoms with Gasteiger partial charge in [-0.05, 0) is 37.9 Å². The van der Waals surface area contributed by atoms with Crippen molar-refractivity contribution in [1.29, 1.82) is 0 Å². The molecule has 1 N–H and O–H groups in total. The van der Waals surface area contributed by atoms with Crippen molar-refractivity contribution in [3.63, 3.8) is 0 Å². The van der Waals surface area contributed by atoms with Gasteiger partial charge in [-0.25, -0.2) is 0 Å². The fourth-order valence-corrected chi connectivity index (χ4v) is 11.7. The molecule has 1 heterocycles. The normalized spacial score (nSPS) is 22.8. The SMILES string of the molecule is CC(C)C1O[B-](c2ccccc2)(c2ccccc2)OC(C(C)C)P1(=S)c1ccccc1.CC[NH+](CC)CC. The van der Waals surface area contributed by atoms with Gasteiger partial charge in [0.25, 0.3) is 6.55 Å². The maximum Gasteiger partial charge on any atom is 0.299 e. The minimum absolute atomic E-state index is 0.0773. The summed E-state index contributed by atoms with van der Waals surface area (Å²) in [7, 11) is 0. The van der Waals surface area contributed by atoms with Crippen molar-refractivity contribution in [3.8, 4) is 0 Å². The Morgan fingerprint density at radius 3 is 1.29 bits per heavy atom. The van der Waals surface area contributed by atoms with Gasteiger partial charge in [-0.3, -0.25) is 0 Å². The lowest BCUT2D eigenvalue weighted by Crippen LogP contribution is -3.11. The molecule has 3 aromatic carbocycles. The van der Waals surface area contributed by atoms with Crippen LogP contribution in [-0.2, 0) is 21.1 Å². The zero-order valence-electron chi connectivity index (χ0n) is 24.3. The van der Waals surface area contributed by atoms with Gasteiger partial charge >= 0.3 is 0 Å². The number of hydrogen-bond acceptors (Lipinski definition) is 3.